The number of piperidine rings is 1. The average Bonchev–Trinajstić information content (AvgIpc) is 2.25. The van der Waals surface area contributed by atoms with E-state index in [0.29, 0.717) is 25.4 Å². The van der Waals surface area contributed by atoms with Crippen LogP contribution in [0.1, 0.15) is 26.2 Å². The molecule has 0 radical (unpaired) electrons. The normalized spacial score (nSPS) is 30.7. The Balaban J connectivity index is 1.78. The van der Waals surface area contributed by atoms with Crippen LogP contribution in [0.25, 0.3) is 0 Å². The summed E-state index contributed by atoms with van der Waals surface area (Å²) in [7, 11) is 0. The summed E-state index contributed by atoms with van der Waals surface area (Å²) in [6, 6.07) is 0. The highest BCUT2D eigenvalue weighted by Crippen LogP contribution is 2.19. The third kappa shape index (κ3) is 3.02. The Kier molecular flexibility index (Phi) is 3.76. The van der Waals surface area contributed by atoms with E-state index < -0.39 is 0 Å². The molecule has 2 rings (SSSR count). The minimum Gasteiger partial charge on any atom is -0.380 e. The van der Waals surface area contributed by atoms with Gasteiger partial charge in [0.05, 0.1) is 19.1 Å². The van der Waals surface area contributed by atoms with E-state index >= 15 is 0 Å². The zero-order valence-corrected chi connectivity index (χ0v) is 9.58. The molecule has 0 bridgehead atoms. The van der Waals surface area contributed by atoms with Gasteiger partial charge in [-0.3, -0.25) is 4.79 Å². The van der Waals surface area contributed by atoms with Crippen LogP contribution in [-0.4, -0.2) is 43.5 Å². The molecule has 3 nitrogen and oxygen atoms in total. The van der Waals surface area contributed by atoms with E-state index in [1.54, 1.807) is 0 Å². The van der Waals surface area contributed by atoms with Crippen LogP contribution < -0.4 is 0 Å². The van der Waals surface area contributed by atoms with Gasteiger partial charge in [0.1, 0.15) is 5.78 Å². The van der Waals surface area contributed by atoms with Crippen molar-refractivity contribution in [2.75, 3.05) is 32.8 Å². The summed E-state index contributed by atoms with van der Waals surface area (Å²) in [5, 5.41) is 0. The third-order valence-corrected chi connectivity index (χ3v) is 3.62. The van der Waals surface area contributed by atoms with Gasteiger partial charge in [-0.2, -0.15) is 0 Å². The SMILES string of the molecule is CC1CCN(CC2COCCC2=O)CC1. The first-order chi connectivity index (χ1) is 7.25. The maximum atomic E-state index is 11.6. The molecule has 2 fully saturated rings. The third-order valence-electron chi connectivity index (χ3n) is 3.62. The highest BCUT2D eigenvalue weighted by atomic mass is 16.5. The van der Waals surface area contributed by atoms with Crippen LogP contribution in [0.4, 0.5) is 0 Å². The van der Waals surface area contributed by atoms with E-state index in [1.165, 1.54) is 12.8 Å². The molecular weight excluding hydrogens is 190 g/mol. The Morgan fingerprint density at radius 2 is 2.13 bits per heavy atom. The lowest BCUT2D eigenvalue weighted by atomic mass is 9.95. The molecule has 15 heavy (non-hydrogen) atoms. The Hall–Kier alpha value is -0.410. The number of carbonyl (C=O) groups is 1. The van der Waals surface area contributed by atoms with Gasteiger partial charge in [0.15, 0.2) is 0 Å². The summed E-state index contributed by atoms with van der Waals surface area (Å²) in [5.41, 5.74) is 0. The highest BCUT2D eigenvalue weighted by molar-refractivity contribution is 5.82. The van der Waals surface area contributed by atoms with Gasteiger partial charge in [-0.1, -0.05) is 6.92 Å². The number of ketones is 1. The Labute approximate surface area is 91.8 Å². The lowest BCUT2D eigenvalue weighted by Crippen LogP contribution is -2.41. The molecule has 1 unspecified atom stereocenters. The molecule has 1 atom stereocenters. The van der Waals surface area contributed by atoms with Gasteiger partial charge < -0.3 is 9.64 Å². The molecule has 0 aliphatic carbocycles. The maximum Gasteiger partial charge on any atom is 0.141 e. The Bertz CT molecular complexity index is 222. The summed E-state index contributed by atoms with van der Waals surface area (Å²) in [4.78, 5) is 14.1. The van der Waals surface area contributed by atoms with Gasteiger partial charge >= 0.3 is 0 Å². The fourth-order valence-corrected chi connectivity index (χ4v) is 2.41. The minimum atomic E-state index is 0.146. The van der Waals surface area contributed by atoms with Crippen LogP contribution >= 0.6 is 0 Å². The topological polar surface area (TPSA) is 29.5 Å². The van der Waals surface area contributed by atoms with Gasteiger partial charge in [0.25, 0.3) is 0 Å². The summed E-state index contributed by atoms with van der Waals surface area (Å²) in [5.74, 6) is 1.41. The van der Waals surface area contributed by atoms with Gasteiger partial charge in [-0.15, -0.1) is 0 Å². The number of Topliss-reactive ketones (excluding diaryl/α,β-unsaturated/α-hetero) is 1. The van der Waals surface area contributed by atoms with Crippen LogP contribution in [0.5, 0.6) is 0 Å². The predicted octanol–water partition coefficient (Wildman–Crippen LogP) is 1.32. The van der Waals surface area contributed by atoms with Crippen LogP contribution in [0, 0.1) is 11.8 Å². The molecular formula is C12H21NO2. The summed E-state index contributed by atoms with van der Waals surface area (Å²) >= 11 is 0. The van der Waals surface area contributed by atoms with Crippen molar-refractivity contribution in [1.82, 2.24) is 4.90 Å². The zero-order chi connectivity index (χ0) is 10.7. The molecule has 0 amide bonds. The summed E-state index contributed by atoms with van der Waals surface area (Å²) in [6.07, 6.45) is 3.18. The van der Waals surface area contributed by atoms with Crippen molar-refractivity contribution in [3.8, 4) is 0 Å². The maximum absolute atomic E-state index is 11.6. The van der Waals surface area contributed by atoms with E-state index in [0.717, 1.165) is 25.6 Å². The highest BCUT2D eigenvalue weighted by Gasteiger charge is 2.26. The van der Waals surface area contributed by atoms with Crippen molar-refractivity contribution in [3.63, 3.8) is 0 Å². The molecule has 0 spiro atoms. The van der Waals surface area contributed by atoms with E-state index in [-0.39, 0.29) is 5.92 Å². The number of hydrogen-bond acceptors (Lipinski definition) is 3. The molecule has 0 aromatic rings. The van der Waals surface area contributed by atoms with Gasteiger partial charge in [0, 0.05) is 13.0 Å². The van der Waals surface area contributed by atoms with Crippen LogP contribution in [0.3, 0.4) is 0 Å². The Morgan fingerprint density at radius 3 is 2.80 bits per heavy atom. The van der Waals surface area contributed by atoms with Crippen LogP contribution in [0.2, 0.25) is 0 Å². The second-order valence-corrected chi connectivity index (χ2v) is 4.97. The van der Waals surface area contributed by atoms with E-state index in [4.69, 9.17) is 4.74 Å². The number of carbonyl (C=O) groups excluding carboxylic acids is 1. The summed E-state index contributed by atoms with van der Waals surface area (Å²) in [6.45, 7) is 6.82. The molecule has 3 heteroatoms. The first kappa shape index (κ1) is 11.1. The van der Waals surface area contributed by atoms with E-state index in [1.807, 2.05) is 0 Å². The van der Waals surface area contributed by atoms with E-state index in [2.05, 4.69) is 11.8 Å². The second-order valence-electron chi connectivity index (χ2n) is 4.97. The van der Waals surface area contributed by atoms with Gasteiger partial charge in [0.2, 0.25) is 0 Å². The molecule has 0 N–H and O–H groups in total. The first-order valence-electron chi connectivity index (χ1n) is 6.08. The number of nitrogens with zero attached hydrogens (tertiary/aromatic N) is 1. The fourth-order valence-electron chi connectivity index (χ4n) is 2.41. The van der Waals surface area contributed by atoms with Crippen molar-refractivity contribution in [2.24, 2.45) is 11.8 Å². The molecule has 2 aliphatic heterocycles. The lowest BCUT2D eigenvalue weighted by Gasteiger charge is -2.33. The minimum absolute atomic E-state index is 0.146. The van der Waals surface area contributed by atoms with Crippen LogP contribution in [0.15, 0.2) is 0 Å². The van der Waals surface area contributed by atoms with Crippen molar-refractivity contribution < 1.29 is 9.53 Å². The molecule has 86 valence electrons. The van der Waals surface area contributed by atoms with Crippen molar-refractivity contribution in [3.05, 3.63) is 0 Å². The fraction of sp³-hybridized carbons (Fsp3) is 0.917. The largest absolute Gasteiger partial charge is 0.380 e. The monoisotopic (exact) mass is 211 g/mol. The number of rotatable bonds is 2. The second kappa shape index (κ2) is 5.08. The predicted molar refractivity (Wildman–Crippen MR) is 58.8 cm³/mol. The van der Waals surface area contributed by atoms with Crippen molar-refractivity contribution in [1.29, 1.82) is 0 Å². The molecule has 2 aliphatic rings. The average molecular weight is 211 g/mol. The lowest BCUT2D eigenvalue weighted by molar-refractivity contribution is -0.131. The number of hydrogen-bond donors (Lipinski definition) is 0. The standard InChI is InChI=1S/C12H21NO2/c1-10-2-5-13(6-3-10)8-11-9-15-7-4-12(11)14/h10-11H,2-9H2,1H3. The number of likely N-dealkylation sites (tertiary alicyclic amines) is 1. The van der Waals surface area contributed by atoms with Crippen LogP contribution in [-0.2, 0) is 9.53 Å². The van der Waals surface area contributed by atoms with Crippen molar-refractivity contribution in [2.45, 2.75) is 26.2 Å². The molecule has 0 aromatic carbocycles. The molecule has 2 saturated heterocycles. The van der Waals surface area contributed by atoms with Crippen molar-refractivity contribution >= 4 is 5.78 Å². The first-order valence-corrected chi connectivity index (χ1v) is 6.08. The van der Waals surface area contributed by atoms with E-state index in [9.17, 15) is 4.79 Å². The van der Waals surface area contributed by atoms with Gasteiger partial charge in [-0.25, -0.2) is 0 Å². The smallest absolute Gasteiger partial charge is 0.141 e. The summed E-state index contributed by atoms with van der Waals surface area (Å²) < 4.78 is 5.37. The number of ether oxygens (including phenoxy) is 1. The Morgan fingerprint density at radius 1 is 1.40 bits per heavy atom. The molecule has 0 saturated carbocycles. The quantitative estimate of drug-likeness (QED) is 0.690. The van der Waals surface area contributed by atoms with Gasteiger partial charge in [-0.05, 0) is 31.8 Å². The molecule has 2 heterocycles. The molecule has 0 aromatic heterocycles. The zero-order valence-electron chi connectivity index (χ0n) is 9.58.